The molecule has 0 saturated heterocycles. The Morgan fingerprint density at radius 1 is 0.704 bits per heavy atom. The largest absolute Gasteiger partial charge is 0.122 e. The highest BCUT2D eigenvalue weighted by Gasteiger charge is 1.96. The Balaban J connectivity index is 2.22. The van der Waals surface area contributed by atoms with E-state index in [-0.39, 0.29) is 0 Å². The standard InChI is InChI=1S/C26H38S/c1-6-22(2)13-10-14-23(3)15-11-16-24(4)17-12-18-25(5)21-27-26-19-8-7-9-20-26/h6-9,14,16,18-20H,10-13,15,17,21H2,1-5H3/b22-6+,23-14+,24-16+,25-18+. The van der Waals surface area contributed by atoms with Crippen molar-refractivity contribution in [1.29, 1.82) is 0 Å². The molecule has 1 heteroatoms. The first-order chi connectivity index (χ1) is 13.0. The summed E-state index contributed by atoms with van der Waals surface area (Å²) in [5, 5.41) is 0. The molecule has 0 saturated carbocycles. The second-order valence-corrected chi connectivity index (χ2v) is 8.55. The Labute approximate surface area is 172 Å². The van der Waals surface area contributed by atoms with Crippen molar-refractivity contribution in [3.63, 3.8) is 0 Å². The normalized spacial score (nSPS) is 14.0. The number of thioether (sulfide) groups is 1. The molecule has 0 N–H and O–H groups in total. The zero-order valence-electron chi connectivity index (χ0n) is 18.1. The van der Waals surface area contributed by atoms with Crippen LogP contribution in [-0.2, 0) is 0 Å². The summed E-state index contributed by atoms with van der Waals surface area (Å²) in [4.78, 5) is 1.35. The molecule has 27 heavy (non-hydrogen) atoms. The van der Waals surface area contributed by atoms with E-state index in [4.69, 9.17) is 0 Å². The van der Waals surface area contributed by atoms with Crippen LogP contribution in [0.2, 0.25) is 0 Å². The number of allylic oxidation sites excluding steroid dienone is 7. The van der Waals surface area contributed by atoms with Crippen molar-refractivity contribution in [2.75, 3.05) is 5.75 Å². The van der Waals surface area contributed by atoms with E-state index in [1.54, 1.807) is 0 Å². The third kappa shape index (κ3) is 12.5. The van der Waals surface area contributed by atoms with Gasteiger partial charge in [0.25, 0.3) is 0 Å². The van der Waals surface area contributed by atoms with E-state index in [9.17, 15) is 0 Å². The van der Waals surface area contributed by atoms with Gasteiger partial charge in [-0.25, -0.2) is 0 Å². The molecule has 0 heterocycles. The van der Waals surface area contributed by atoms with Gasteiger partial charge in [0.05, 0.1) is 0 Å². The maximum Gasteiger partial charge on any atom is 0.0187 e. The first-order valence-electron chi connectivity index (χ1n) is 10.3. The maximum atomic E-state index is 2.43. The summed E-state index contributed by atoms with van der Waals surface area (Å²) in [5.74, 6) is 1.09. The highest BCUT2D eigenvalue weighted by molar-refractivity contribution is 7.99. The monoisotopic (exact) mass is 382 g/mol. The molecule has 0 spiro atoms. The lowest BCUT2D eigenvalue weighted by Crippen LogP contribution is -1.84. The zero-order valence-corrected chi connectivity index (χ0v) is 18.9. The Morgan fingerprint density at radius 2 is 1.19 bits per heavy atom. The van der Waals surface area contributed by atoms with Crippen molar-refractivity contribution < 1.29 is 0 Å². The van der Waals surface area contributed by atoms with E-state index in [2.05, 4.69) is 89.3 Å². The molecular weight excluding hydrogens is 344 g/mol. The number of hydrogen-bond donors (Lipinski definition) is 0. The summed E-state index contributed by atoms with van der Waals surface area (Å²) in [6.45, 7) is 11.1. The maximum absolute atomic E-state index is 2.43. The molecule has 0 atom stereocenters. The fourth-order valence-corrected chi connectivity index (χ4v) is 3.62. The van der Waals surface area contributed by atoms with Gasteiger partial charge in [0.15, 0.2) is 0 Å². The SMILES string of the molecule is C/C=C(\C)CC/C=C(\C)CC/C=C(\C)CC/C=C(\C)CSc1ccccc1. The minimum atomic E-state index is 1.09. The van der Waals surface area contributed by atoms with E-state index in [1.165, 1.54) is 59.3 Å². The van der Waals surface area contributed by atoms with Crippen LogP contribution in [0.15, 0.2) is 81.8 Å². The summed E-state index contributed by atoms with van der Waals surface area (Å²) in [6, 6.07) is 10.7. The highest BCUT2D eigenvalue weighted by Crippen LogP contribution is 2.20. The van der Waals surface area contributed by atoms with Gasteiger partial charge in [-0.1, -0.05) is 64.8 Å². The van der Waals surface area contributed by atoms with Crippen molar-refractivity contribution in [3.05, 3.63) is 76.9 Å². The second kappa shape index (κ2) is 14.6. The molecule has 0 aliphatic heterocycles. The van der Waals surface area contributed by atoms with Crippen LogP contribution in [0.4, 0.5) is 0 Å². The van der Waals surface area contributed by atoms with Crippen LogP contribution in [-0.4, -0.2) is 5.75 Å². The lowest BCUT2D eigenvalue weighted by atomic mass is 10.0. The van der Waals surface area contributed by atoms with E-state index in [1.807, 2.05) is 11.8 Å². The quantitative estimate of drug-likeness (QED) is 0.257. The van der Waals surface area contributed by atoms with E-state index >= 15 is 0 Å². The van der Waals surface area contributed by atoms with Gasteiger partial charge in [-0.05, 0) is 85.3 Å². The van der Waals surface area contributed by atoms with Gasteiger partial charge in [-0.3, -0.25) is 0 Å². The van der Waals surface area contributed by atoms with Crippen molar-refractivity contribution in [3.8, 4) is 0 Å². The molecule has 0 unspecified atom stereocenters. The first-order valence-corrected chi connectivity index (χ1v) is 11.3. The molecule has 0 radical (unpaired) electrons. The molecule has 0 aliphatic carbocycles. The highest BCUT2D eigenvalue weighted by atomic mass is 32.2. The summed E-state index contributed by atoms with van der Waals surface area (Å²) >= 11 is 1.92. The molecule has 148 valence electrons. The molecule has 0 bridgehead atoms. The molecular formula is C26H38S. The summed E-state index contributed by atoms with van der Waals surface area (Å²) in [5.41, 5.74) is 6.01. The lowest BCUT2D eigenvalue weighted by molar-refractivity contribution is 0.899. The predicted octanol–water partition coefficient (Wildman–Crippen LogP) is 8.92. The van der Waals surface area contributed by atoms with Crippen LogP contribution in [0.25, 0.3) is 0 Å². The van der Waals surface area contributed by atoms with Crippen LogP contribution in [0.3, 0.4) is 0 Å². The lowest BCUT2D eigenvalue weighted by Gasteiger charge is -2.04. The van der Waals surface area contributed by atoms with Crippen LogP contribution < -0.4 is 0 Å². The molecule has 0 aromatic heterocycles. The predicted molar refractivity (Wildman–Crippen MR) is 126 cm³/mol. The minimum Gasteiger partial charge on any atom is -0.122 e. The Morgan fingerprint density at radius 3 is 1.70 bits per heavy atom. The van der Waals surface area contributed by atoms with Crippen molar-refractivity contribution in [2.45, 2.75) is 78.0 Å². The number of hydrogen-bond acceptors (Lipinski definition) is 1. The Bertz CT molecular complexity index is 644. The van der Waals surface area contributed by atoms with Gasteiger partial charge in [0, 0.05) is 10.6 Å². The summed E-state index contributed by atoms with van der Waals surface area (Å²) < 4.78 is 0. The second-order valence-electron chi connectivity index (χ2n) is 7.50. The van der Waals surface area contributed by atoms with Gasteiger partial charge in [-0.2, -0.15) is 0 Å². The molecule has 1 aromatic carbocycles. The van der Waals surface area contributed by atoms with E-state index in [0.29, 0.717) is 0 Å². The molecule has 0 aliphatic rings. The average Bonchev–Trinajstić information content (AvgIpc) is 2.67. The van der Waals surface area contributed by atoms with Gasteiger partial charge >= 0.3 is 0 Å². The van der Waals surface area contributed by atoms with Gasteiger partial charge in [0.1, 0.15) is 0 Å². The Hall–Kier alpha value is -1.47. The van der Waals surface area contributed by atoms with Crippen molar-refractivity contribution >= 4 is 11.8 Å². The fraction of sp³-hybridized carbons (Fsp3) is 0.462. The Kier molecular flexibility index (Phi) is 12.7. The zero-order chi connectivity index (χ0) is 19.9. The third-order valence-corrected chi connectivity index (χ3v) is 6.00. The summed E-state index contributed by atoms with van der Waals surface area (Å²) in [6.07, 6.45) is 16.5. The molecule has 0 fully saturated rings. The van der Waals surface area contributed by atoms with E-state index < -0.39 is 0 Å². The molecule has 0 amide bonds. The van der Waals surface area contributed by atoms with Gasteiger partial charge in [0.2, 0.25) is 0 Å². The van der Waals surface area contributed by atoms with Crippen LogP contribution >= 0.6 is 11.8 Å². The average molecular weight is 383 g/mol. The smallest absolute Gasteiger partial charge is 0.0187 e. The van der Waals surface area contributed by atoms with Crippen LogP contribution in [0.5, 0.6) is 0 Å². The topological polar surface area (TPSA) is 0 Å². The fourth-order valence-electron chi connectivity index (χ4n) is 2.76. The van der Waals surface area contributed by atoms with Gasteiger partial charge < -0.3 is 0 Å². The van der Waals surface area contributed by atoms with Crippen LogP contribution in [0.1, 0.15) is 73.1 Å². The summed E-state index contributed by atoms with van der Waals surface area (Å²) in [7, 11) is 0. The first kappa shape index (κ1) is 23.6. The van der Waals surface area contributed by atoms with Crippen molar-refractivity contribution in [2.24, 2.45) is 0 Å². The van der Waals surface area contributed by atoms with Crippen LogP contribution in [0, 0.1) is 0 Å². The molecule has 1 rings (SSSR count). The van der Waals surface area contributed by atoms with Gasteiger partial charge in [-0.15, -0.1) is 11.8 Å². The van der Waals surface area contributed by atoms with E-state index in [0.717, 1.165) is 12.2 Å². The number of benzene rings is 1. The molecule has 0 nitrogen and oxygen atoms in total. The minimum absolute atomic E-state index is 1.09. The third-order valence-electron chi connectivity index (χ3n) is 4.80. The number of rotatable bonds is 12. The van der Waals surface area contributed by atoms with Crippen molar-refractivity contribution in [1.82, 2.24) is 0 Å². The molecule has 1 aromatic rings.